The molecule has 10 heteroatoms. The summed E-state index contributed by atoms with van der Waals surface area (Å²) >= 11 is 0. The predicted molar refractivity (Wildman–Crippen MR) is 79.6 cm³/mol. The van der Waals surface area contributed by atoms with Gasteiger partial charge in [0.2, 0.25) is 11.8 Å². The van der Waals surface area contributed by atoms with Crippen molar-refractivity contribution in [1.82, 2.24) is 9.80 Å². The minimum atomic E-state index is -4.95. The Morgan fingerprint density at radius 2 is 2.12 bits per heavy atom. The van der Waals surface area contributed by atoms with Crippen LogP contribution < -0.4 is 0 Å². The van der Waals surface area contributed by atoms with E-state index in [1.54, 1.807) is 12.1 Å². The SMILES string of the molecule is O=C1CC(C(=O)N2CCC(C(=O)O)(C(F)(F)F)C2)CN1Cc1ccco1. The summed E-state index contributed by atoms with van der Waals surface area (Å²) in [5.74, 6) is -3.14. The third-order valence-corrected chi connectivity index (χ3v) is 5.02. The summed E-state index contributed by atoms with van der Waals surface area (Å²) in [5, 5.41) is 9.06. The van der Waals surface area contributed by atoms with Crippen LogP contribution in [0.4, 0.5) is 13.2 Å². The smallest absolute Gasteiger partial charge is 0.406 e. The minimum Gasteiger partial charge on any atom is -0.481 e. The number of carboxylic acids is 1. The summed E-state index contributed by atoms with van der Waals surface area (Å²) in [4.78, 5) is 38.1. The van der Waals surface area contributed by atoms with E-state index in [0.717, 1.165) is 4.90 Å². The van der Waals surface area contributed by atoms with Crippen molar-refractivity contribution in [3.63, 3.8) is 0 Å². The molecule has 2 fully saturated rings. The first-order chi connectivity index (χ1) is 12.1. The summed E-state index contributed by atoms with van der Waals surface area (Å²) in [6, 6.07) is 3.33. The van der Waals surface area contributed by atoms with Gasteiger partial charge in [-0.25, -0.2) is 0 Å². The fourth-order valence-corrected chi connectivity index (χ4v) is 3.46. The van der Waals surface area contributed by atoms with Crippen molar-refractivity contribution in [2.45, 2.75) is 25.6 Å². The lowest BCUT2D eigenvalue weighted by molar-refractivity contribution is -0.227. The molecule has 3 rings (SSSR count). The molecule has 1 N–H and O–H groups in total. The molecule has 2 saturated heterocycles. The van der Waals surface area contributed by atoms with Crippen LogP contribution in [0.1, 0.15) is 18.6 Å². The molecule has 2 aliphatic rings. The maximum absolute atomic E-state index is 13.2. The molecule has 0 spiro atoms. The van der Waals surface area contributed by atoms with Crippen LogP contribution in [0.25, 0.3) is 0 Å². The summed E-state index contributed by atoms with van der Waals surface area (Å²) in [7, 11) is 0. The lowest BCUT2D eigenvalue weighted by Crippen LogP contribution is -2.48. The Morgan fingerprint density at radius 1 is 1.38 bits per heavy atom. The first-order valence-electron chi connectivity index (χ1n) is 8.03. The molecule has 1 aromatic rings. The van der Waals surface area contributed by atoms with Gasteiger partial charge in [-0.05, 0) is 18.6 Å². The van der Waals surface area contributed by atoms with Gasteiger partial charge in [-0.1, -0.05) is 0 Å². The molecule has 26 heavy (non-hydrogen) atoms. The normalized spacial score (nSPS) is 26.6. The van der Waals surface area contributed by atoms with E-state index in [2.05, 4.69) is 0 Å². The topological polar surface area (TPSA) is 91.1 Å². The summed E-state index contributed by atoms with van der Waals surface area (Å²) < 4.78 is 44.8. The monoisotopic (exact) mass is 374 g/mol. The van der Waals surface area contributed by atoms with Gasteiger partial charge >= 0.3 is 12.1 Å². The van der Waals surface area contributed by atoms with Crippen LogP contribution in [0.3, 0.4) is 0 Å². The lowest BCUT2D eigenvalue weighted by atomic mass is 9.86. The van der Waals surface area contributed by atoms with E-state index < -0.39 is 42.4 Å². The van der Waals surface area contributed by atoms with Crippen molar-refractivity contribution in [3.8, 4) is 0 Å². The number of carbonyl (C=O) groups excluding carboxylic acids is 2. The summed E-state index contributed by atoms with van der Waals surface area (Å²) in [6.07, 6.45) is -4.30. The number of carboxylic acid groups (broad SMARTS) is 1. The predicted octanol–water partition coefficient (Wildman–Crippen LogP) is 1.49. The van der Waals surface area contributed by atoms with Gasteiger partial charge in [0.25, 0.3) is 0 Å². The number of alkyl halides is 3. The molecule has 0 radical (unpaired) electrons. The largest absolute Gasteiger partial charge is 0.481 e. The highest BCUT2D eigenvalue weighted by Gasteiger charge is 2.64. The molecule has 3 heterocycles. The maximum Gasteiger partial charge on any atom is 0.406 e. The zero-order chi connectivity index (χ0) is 19.1. The van der Waals surface area contributed by atoms with E-state index in [4.69, 9.17) is 9.52 Å². The number of rotatable bonds is 4. The van der Waals surface area contributed by atoms with Crippen LogP contribution in [0.5, 0.6) is 0 Å². The van der Waals surface area contributed by atoms with Crippen molar-refractivity contribution < 1.29 is 37.1 Å². The van der Waals surface area contributed by atoms with E-state index >= 15 is 0 Å². The molecule has 142 valence electrons. The van der Waals surface area contributed by atoms with Crippen molar-refractivity contribution in [3.05, 3.63) is 24.2 Å². The lowest BCUT2D eigenvalue weighted by Gasteiger charge is -2.28. The Hall–Kier alpha value is -2.52. The number of carbonyl (C=O) groups is 3. The average molecular weight is 374 g/mol. The van der Waals surface area contributed by atoms with Crippen molar-refractivity contribution in [2.75, 3.05) is 19.6 Å². The quantitative estimate of drug-likeness (QED) is 0.862. The molecule has 0 aliphatic carbocycles. The van der Waals surface area contributed by atoms with Crippen molar-refractivity contribution in [1.29, 1.82) is 0 Å². The molecule has 1 aromatic heterocycles. The van der Waals surface area contributed by atoms with Crippen LogP contribution in [0, 0.1) is 11.3 Å². The third-order valence-electron chi connectivity index (χ3n) is 5.02. The first kappa shape index (κ1) is 18.3. The molecule has 0 bridgehead atoms. The molecule has 2 amide bonds. The van der Waals surface area contributed by atoms with E-state index in [1.807, 2.05) is 0 Å². The highest BCUT2D eigenvalue weighted by Crippen LogP contribution is 2.46. The number of hydrogen-bond donors (Lipinski definition) is 1. The van der Waals surface area contributed by atoms with Crippen LogP contribution in [-0.4, -0.2) is 58.5 Å². The molecular formula is C16H17F3N2O5. The highest BCUT2D eigenvalue weighted by atomic mass is 19.4. The molecule has 2 aliphatic heterocycles. The average Bonchev–Trinajstić information content (AvgIpc) is 3.27. The fourth-order valence-electron chi connectivity index (χ4n) is 3.46. The summed E-state index contributed by atoms with van der Waals surface area (Å²) in [6.45, 7) is -0.973. The Balaban J connectivity index is 1.67. The Labute approximate surface area is 146 Å². The van der Waals surface area contributed by atoms with Gasteiger partial charge in [0.05, 0.1) is 18.7 Å². The zero-order valence-electron chi connectivity index (χ0n) is 13.7. The van der Waals surface area contributed by atoms with Gasteiger partial charge in [0.1, 0.15) is 5.76 Å². The molecule has 7 nitrogen and oxygen atoms in total. The van der Waals surface area contributed by atoms with Gasteiger partial charge in [0, 0.05) is 26.1 Å². The summed E-state index contributed by atoms with van der Waals surface area (Å²) in [5.41, 5.74) is -2.95. The van der Waals surface area contributed by atoms with Crippen LogP contribution in [0.15, 0.2) is 22.8 Å². The van der Waals surface area contributed by atoms with Gasteiger partial charge in [0.15, 0.2) is 5.41 Å². The van der Waals surface area contributed by atoms with Gasteiger partial charge in [-0.3, -0.25) is 14.4 Å². The van der Waals surface area contributed by atoms with Gasteiger partial charge in [-0.15, -0.1) is 0 Å². The second-order valence-electron chi connectivity index (χ2n) is 6.65. The third kappa shape index (κ3) is 3.04. The Morgan fingerprint density at radius 3 is 2.65 bits per heavy atom. The molecular weight excluding hydrogens is 357 g/mol. The molecule has 2 unspecified atom stereocenters. The number of likely N-dealkylation sites (tertiary alicyclic amines) is 2. The Bertz CT molecular complexity index is 718. The van der Waals surface area contributed by atoms with Crippen molar-refractivity contribution >= 4 is 17.8 Å². The van der Waals surface area contributed by atoms with E-state index in [1.165, 1.54) is 11.2 Å². The van der Waals surface area contributed by atoms with Crippen LogP contribution in [-0.2, 0) is 20.9 Å². The van der Waals surface area contributed by atoms with Crippen molar-refractivity contribution in [2.24, 2.45) is 11.3 Å². The number of nitrogens with zero attached hydrogens (tertiary/aromatic N) is 2. The second-order valence-corrected chi connectivity index (χ2v) is 6.65. The van der Waals surface area contributed by atoms with Crippen LogP contribution >= 0.6 is 0 Å². The standard InChI is InChI=1S/C16H17F3N2O5/c17-16(18,19)15(14(24)25)3-4-20(9-15)13(23)10-6-12(22)21(7-10)8-11-2-1-5-26-11/h1-2,5,10H,3-4,6-9H2,(H,24,25). The molecule has 2 atom stereocenters. The van der Waals surface area contributed by atoms with E-state index in [-0.39, 0.29) is 32.0 Å². The number of halogens is 3. The molecule has 0 saturated carbocycles. The fraction of sp³-hybridized carbons (Fsp3) is 0.562. The molecule has 0 aromatic carbocycles. The van der Waals surface area contributed by atoms with Gasteiger partial charge < -0.3 is 19.3 Å². The van der Waals surface area contributed by atoms with E-state index in [9.17, 15) is 27.6 Å². The van der Waals surface area contributed by atoms with Crippen LogP contribution in [0.2, 0.25) is 0 Å². The number of aliphatic carboxylic acids is 1. The minimum absolute atomic E-state index is 0.0704. The second kappa shape index (κ2) is 6.33. The van der Waals surface area contributed by atoms with Gasteiger partial charge in [-0.2, -0.15) is 13.2 Å². The maximum atomic E-state index is 13.2. The number of furan rings is 1. The van der Waals surface area contributed by atoms with E-state index in [0.29, 0.717) is 5.76 Å². The number of amides is 2. The highest BCUT2D eigenvalue weighted by molar-refractivity contribution is 5.90. The first-order valence-corrected chi connectivity index (χ1v) is 8.03. The Kier molecular flexibility index (Phi) is 4.45. The zero-order valence-corrected chi connectivity index (χ0v) is 13.7. The number of hydrogen-bond acceptors (Lipinski definition) is 4.